The van der Waals surface area contributed by atoms with Crippen LogP contribution in [0.5, 0.6) is 0 Å². The number of rotatable bonds is 5. The first-order valence-electron chi connectivity index (χ1n) is 5.73. The second kappa shape index (κ2) is 6.26. The van der Waals surface area contributed by atoms with Crippen LogP contribution in [-0.4, -0.2) is 23.9 Å². The van der Waals surface area contributed by atoms with Crippen molar-refractivity contribution in [1.82, 2.24) is 4.90 Å². The van der Waals surface area contributed by atoms with Gasteiger partial charge in [-0.05, 0) is 31.0 Å². The average molecular weight is 223 g/mol. The lowest BCUT2D eigenvalue weighted by atomic mass is 10.2. The molecule has 0 aromatic heterocycles. The van der Waals surface area contributed by atoms with Crippen LogP contribution in [0.2, 0.25) is 0 Å². The normalized spacial score (nSPS) is 10.2. The van der Waals surface area contributed by atoms with Gasteiger partial charge >= 0.3 is 0 Å². The predicted molar refractivity (Wildman–Crippen MR) is 62.9 cm³/mol. The number of benzene rings is 1. The molecule has 3 heteroatoms. The molecule has 0 aliphatic carbocycles. The van der Waals surface area contributed by atoms with Crippen LogP contribution in [-0.2, 0) is 0 Å². The zero-order valence-electron chi connectivity index (χ0n) is 9.87. The van der Waals surface area contributed by atoms with Gasteiger partial charge in [0.05, 0.1) is 0 Å². The third kappa shape index (κ3) is 3.33. The Bertz CT molecular complexity index is 346. The van der Waals surface area contributed by atoms with E-state index in [0.717, 1.165) is 25.9 Å². The predicted octanol–water partition coefficient (Wildman–Crippen LogP) is 3.09. The largest absolute Gasteiger partial charge is 0.339 e. The molecular weight excluding hydrogens is 205 g/mol. The average Bonchev–Trinajstić information content (AvgIpc) is 2.28. The minimum Gasteiger partial charge on any atom is -0.339 e. The van der Waals surface area contributed by atoms with Crippen molar-refractivity contribution in [3.8, 4) is 0 Å². The first-order valence-corrected chi connectivity index (χ1v) is 5.73. The van der Waals surface area contributed by atoms with Crippen LogP contribution in [0.1, 0.15) is 37.0 Å². The van der Waals surface area contributed by atoms with Gasteiger partial charge in [0, 0.05) is 18.7 Å². The van der Waals surface area contributed by atoms with Crippen molar-refractivity contribution < 1.29 is 9.18 Å². The lowest BCUT2D eigenvalue weighted by Crippen LogP contribution is -2.32. The van der Waals surface area contributed by atoms with Gasteiger partial charge in [-0.25, -0.2) is 4.39 Å². The molecule has 0 N–H and O–H groups in total. The highest BCUT2D eigenvalue weighted by Gasteiger charge is 2.14. The minimum absolute atomic E-state index is 0.0804. The number of carbonyl (C=O) groups is 1. The maximum atomic E-state index is 13.0. The Hall–Kier alpha value is -1.38. The Kier molecular flexibility index (Phi) is 4.96. The molecule has 0 aliphatic rings. The standard InChI is InChI=1S/C13H18FNO/c1-3-8-15(9-4-2)13(16)11-6-5-7-12(14)10-11/h5-7,10H,3-4,8-9H2,1-2H3. The molecule has 1 aromatic rings. The third-order valence-corrected chi connectivity index (χ3v) is 2.35. The fraction of sp³-hybridized carbons (Fsp3) is 0.462. The molecule has 0 atom stereocenters. The lowest BCUT2D eigenvalue weighted by Gasteiger charge is -2.21. The fourth-order valence-electron chi connectivity index (χ4n) is 1.66. The van der Waals surface area contributed by atoms with Gasteiger partial charge in [-0.3, -0.25) is 4.79 Å². The van der Waals surface area contributed by atoms with E-state index in [1.807, 2.05) is 13.8 Å². The highest BCUT2D eigenvalue weighted by Crippen LogP contribution is 2.08. The Morgan fingerprint density at radius 3 is 2.38 bits per heavy atom. The van der Waals surface area contributed by atoms with E-state index < -0.39 is 0 Å². The molecule has 1 amide bonds. The first kappa shape index (κ1) is 12.7. The fourth-order valence-corrected chi connectivity index (χ4v) is 1.66. The molecule has 0 radical (unpaired) electrons. The molecular formula is C13H18FNO. The van der Waals surface area contributed by atoms with Crippen molar-refractivity contribution in [2.45, 2.75) is 26.7 Å². The van der Waals surface area contributed by atoms with Crippen LogP contribution in [0, 0.1) is 5.82 Å². The maximum absolute atomic E-state index is 13.0. The summed E-state index contributed by atoms with van der Waals surface area (Å²) in [6.45, 7) is 5.51. The van der Waals surface area contributed by atoms with E-state index in [-0.39, 0.29) is 11.7 Å². The van der Waals surface area contributed by atoms with Crippen LogP contribution < -0.4 is 0 Å². The maximum Gasteiger partial charge on any atom is 0.253 e. The molecule has 1 aromatic carbocycles. The smallest absolute Gasteiger partial charge is 0.253 e. The molecule has 0 bridgehead atoms. The van der Waals surface area contributed by atoms with E-state index in [9.17, 15) is 9.18 Å². The zero-order valence-corrected chi connectivity index (χ0v) is 9.87. The number of halogens is 1. The molecule has 2 nitrogen and oxygen atoms in total. The number of carbonyl (C=O) groups excluding carboxylic acids is 1. The summed E-state index contributed by atoms with van der Waals surface area (Å²) in [5.74, 6) is -0.443. The molecule has 0 heterocycles. The molecule has 0 unspecified atom stereocenters. The van der Waals surface area contributed by atoms with Gasteiger partial charge in [-0.2, -0.15) is 0 Å². The molecule has 0 fully saturated rings. The van der Waals surface area contributed by atoms with Gasteiger partial charge < -0.3 is 4.90 Å². The summed E-state index contributed by atoms with van der Waals surface area (Å²) in [7, 11) is 0. The van der Waals surface area contributed by atoms with E-state index in [4.69, 9.17) is 0 Å². The SMILES string of the molecule is CCCN(CCC)C(=O)c1cccc(F)c1. The van der Waals surface area contributed by atoms with Gasteiger partial charge in [-0.15, -0.1) is 0 Å². The topological polar surface area (TPSA) is 20.3 Å². The monoisotopic (exact) mass is 223 g/mol. The second-order valence-electron chi connectivity index (χ2n) is 3.80. The van der Waals surface area contributed by atoms with Gasteiger partial charge in [-0.1, -0.05) is 19.9 Å². The van der Waals surface area contributed by atoms with Crippen LogP contribution in [0.15, 0.2) is 24.3 Å². The molecule has 0 saturated carbocycles. The molecule has 1 rings (SSSR count). The van der Waals surface area contributed by atoms with Crippen LogP contribution in [0.3, 0.4) is 0 Å². The quantitative estimate of drug-likeness (QED) is 0.751. The van der Waals surface area contributed by atoms with Gasteiger partial charge in [0.25, 0.3) is 5.91 Å². The van der Waals surface area contributed by atoms with E-state index >= 15 is 0 Å². The Morgan fingerprint density at radius 1 is 1.25 bits per heavy atom. The lowest BCUT2D eigenvalue weighted by molar-refractivity contribution is 0.0755. The molecule has 0 saturated heterocycles. The summed E-state index contributed by atoms with van der Waals surface area (Å²) in [4.78, 5) is 13.8. The summed E-state index contributed by atoms with van der Waals surface area (Å²) in [5, 5.41) is 0. The van der Waals surface area contributed by atoms with Gasteiger partial charge in [0.15, 0.2) is 0 Å². The van der Waals surface area contributed by atoms with Crippen LogP contribution in [0.4, 0.5) is 4.39 Å². The summed E-state index contributed by atoms with van der Waals surface area (Å²) < 4.78 is 13.0. The summed E-state index contributed by atoms with van der Waals surface area (Å²) >= 11 is 0. The zero-order chi connectivity index (χ0) is 12.0. The highest BCUT2D eigenvalue weighted by atomic mass is 19.1. The summed E-state index contributed by atoms with van der Waals surface area (Å²) in [6.07, 6.45) is 1.84. The van der Waals surface area contributed by atoms with Crippen LogP contribution in [0.25, 0.3) is 0 Å². The summed E-state index contributed by atoms with van der Waals surface area (Å²) in [5.41, 5.74) is 0.432. The van der Waals surface area contributed by atoms with E-state index in [1.54, 1.807) is 17.0 Å². The molecule has 0 spiro atoms. The van der Waals surface area contributed by atoms with Gasteiger partial charge in [0.1, 0.15) is 5.82 Å². The van der Waals surface area contributed by atoms with Crippen molar-refractivity contribution in [3.05, 3.63) is 35.6 Å². The van der Waals surface area contributed by atoms with Crippen LogP contribution >= 0.6 is 0 Å². The number of hydrogen-bond acceptors (Lipinski definition) is 1. The van der Waals surface area contributed by atoms with E-state index in [2.05, 4.69) is 0 Å². The second-order valence-corrected chi connectivity index (χ2v) is 3.80. The van der Waals surface area contributed by atoms with E-state index in [1.165, 1.54) is 12.1 Å². The van der Waals surface area contributed by atoms with Crippen molar-refractivity contribution in [1.29, 1.82) is 0 Å². The van der Waals surface area contributed by atoms with Crippen molar-refractivity contribution in [3.63, 3.8) is 0 Å². The Labute approximate surface area is 96.1 Å². The van der Waals surface area contributed by atoms with E-state index in [0.29, 0.717) is 5.56 Å². The molecule has 0 aliphatic heterocycles. The number of hydrogen-bond donors (Lipinski definition) is 0. The minimum atomic E-state index is -0.362. The number of nitrogens with zero attached hydrogens (tertiary/aromatic N) is 1. The first-order chi connectivity index (χ1) is 7.69. The van der Waals surface area contributed by atoms with Crippen molar-refractivity contribution in [2.24, 2.45) is 0 Å². The molecule has 88 valence electrons. The third-order valence-electron chi connectivity index (χ3n) is 2.35. The molecule has 16 heavy (non-hydrogen) atoms. The van der Waals surface area contributed by atoms with Crippen molar-refractivity contribution >= 4 is 5.91 Å². The number of amides is 1. The Morgan fingerprint density at radius 2 is 1.88 bits per heavy atom. The highest BCUT2D eigenvalue weighted by molar-refractivity contribution is 5.94. The summed E-state index contributed by atoms with van der Waals surface area (Å²) in [6, 6.07) is 5.86. The Balaban J connectivity index is 2.81. The van der Waals surface area contributed by atoms with Crippen molar-refractivity contribution in [2.75, 3.05) is 13.1 Å². The van der Waals surface area contributed by atoms with Gasteiger partial charge in [0.2, 0.25) is 0 Å².